The zero-order chi connectivity index (χ0) is 9.42. The molecular formula is C8H10ClN3O. The topological polar surface area (TPSA) is 38.1 Å². The fraction of sp³-hybridized carbons (Fsp3) is 0.500. The minimum Gasteiger partial charge on any atom is -0.339 e. The maximum Gasteiger partial charge on any atom is 0.210 e. The van der Waals surface area contributed by atoms with E-state index in [4.69, 9.17) is 11.6 Å². The summed E-state index contributed by atoms with van der Waals surface area (Å²) in [5.41, 5.74) is 2.06. The Hall–Kier alpha value is -1.03. The van der Waals surface area contributed by atoms with E-state index in [0.29, 0.717) is 11.8 Å². The summed E-state index contributed by atoms with van der Waals surface area (Å²) in [6.07, 6.45) is 1.67. The van der Waals surface area contributed by atoms with Crippen LogP contribution in [0.5, 0.6) is 0 Å². The summed E-state index contributed by atoms with van der Waals surface area (Å²) in [7, 11) is 1.86. The smallest absolute Gasteiger partial charge is 0.210 e. The predicted octanol–water partition coefficient (Wildman–Crippen LogP) is 0.588. The van der Waals surface area contributed by atoms with E-state index in [1.54, 1.807) is 4.90 Å². The van der Waals surface area contributed by atoms with E-state index >= 15 is 0 Å². The van der Waals surface area contributed by atoms with Crippen LogP contribution in [0.2, 0.25) is 5.28 Å². The molecule has 0 radical (unpaired) electrons. The number of amides is 1. The van der Waals surface area contributed by atoms with Gasteiger partial charge in [-0.3, -0.25) is 4.79 Å². The first-order valence-corrected chi connectivity index (χ1v) is 4.49. The number of carbonyl (C=O) groups excluding carboxylic acids is 1. The van der Waals surface area contributed by atoms with Gasteiger partial charge in [-0.15, -0.1) is 0 Å². The standard InChI is InChI=1S/C8H10ClN3O/c1-11-7-4-12(5-13)3-2-6(7)10-8(11)9/h5H,2-4H2,1H3. The van der Waals surface area contributed by atoms with Crippen molar-refractivity contribution in [3.05, 3.63) is 16.7 Å². The maximum absolute atomic E-state index is 10.6. The quantitative estimate of drug-likeness (QED) is 0.621. The third-order valence-electron chi connectivity index (χ3n) is 2.38. The molecule has 0 aromatic carbocycles. The Morgan fingerprint density at radius 1 is 1.62 bits per heavy atom. The zero-order valence-electron chi connectivity index (χ0n) is 7.33. The SMILES string of the molecule is Cn1c(Cl)nc2c1CN(C=O)CC2. The Labute approximate surface area is 81.1 Å². The number of imidazole rings is 1. The third-order valence-corrected chi connectivity index (χ3v) is 2.72. The summed E-state index contributed by atoms with van der Waals surface area (Å²) in [5.74, 6) is 0. The summed E-state index contributed by atoms with van der Waals surface area (Å²) in [6, 6.07) is 0. The van der Waals surface area contributed by atoms with E-state index in [-0.39, 0.29) is 0 Å². The first-order valence-electron chi connectivity index (χ1n) is 4.11. The largest absolute Gasteiger partial charge is 0.339 e. The molecule has 2 rings (SSSR count). The second-order valence-corrected chi connectivity index (χ2v) is 3.50. The van der Waals surface area contributed by atoms with E-state index in [1.165, 1.54) is 0 Å². The van der Waals surface area contributed by atoms with E-state index in [1.807, 2.05) is 11.6 Å². The van der Waals surface area contributed by atoms with Gasteiger partial charge in [0.2, 0.25) is 11.7 Å². The fourth-order valence-corrected chi connectivity index (χ4v) is 1.77. The Kier molecular flexibility index (Phi) is 2.00. The van der Waals surface area contributed by atoms with Crippen molar-refractivity contribution < 1.29 is 4.79 Å². The normalized spacial score (nSPS) is 15.7. The van der Waals surface area contributed by atoms with Crippen LogP contribution in [0.25, 0.3) is 0 Å². The van der Waals surface area contributed by atoms with Crippen molar-refractivity contribution in [2.75, 3.05) is 6.54 Å². The molecule has 1 aromatic heterocycles. The van der Waals surface area contributed by atoms with Crippen LogP contribution in [0.3, 0.4) is 0 Å². The summed E-state index contributed by atoms with van der Waals surface area (Å²) in [4.78, 5) is 16.5. The van der Waals surface area contributed by atoms with Crippen LogP contribution in [-0.4, -0.2) is 27.4 Å². The van der Waals surface area contributed by atoms with E-state index in [2.05, 4.69) is 4.98 Å². The molecule has 2 heterocycles. The number of hydrogen-bond donors (Lipinski definition) is 0. The molecular weight excluding hydrogens is 190 g/mol. The highest BCUT2D eigenvalue weighted by molar-refractivity contribution is 6.28. The Morgan fingerprint density at radius 3 is 3.08 bits per heavy atom. The van der Waals surface area contributed by atoms with Gasteiger partial charge in [0.1, 0.15) is 0 Å². The van der Waals surface area contributed by atoms with Gasteiger partial charge in [-0.05, 0) is 11.6 Å². The Balaban J connectivity index is 2.37. The van der Waals surface area contributed by atoms with Gasteiger partial charge in [-0.1, -0.05) is 0 Å². The van der Waals surface area contributed by atoms with Crippen LogP contribution in [0, 0.1) is 0 Å². The Bertz CT molecular complexity index is 347. The van der Waals surface area contributed by atoms with Crippen molar-refractivity contribution in [1.82, 2.24) is 14.5 Å². The molecule has 0 aliphatic carbocycles. The van der Waals surface area contributed by atoms with Crippen molar-refractivity contribution in [2.45, 2.75) is 13.0 Å². The van der Waals surface area contributed by atoms with Crippen molar-refractivity contribution in [3.63, 3.8) is 0 Å². The van der Waals surface area contributed by atoms with Gasteiger partial charge < -0.3 is 9.47 Å². The average Bonchev–Trinajstić information content (AvgIpc) is 2.43. The van der Waals surface area contributed by atoms with Crippen molar-refractivity contribution in [2.24, 2.45) is 7.05 Å². The number of nitrogens with zero attached hydrogens (tertiary/aromatic N) is 3. The molecule has 0 bridgehead atoms. The van der Waals surface area contributed by atoms with Crippen molar-refractivity contribution in [3.8, 4) is 0 Å². The minimum atomic E-state index is 0.498. The lowest BCUT2D eigenvalue weighted by molar-refractivity contribution is -0.119. The molecule has 4 nitrogen and oxygen atoms in total. The van der Waals surface area contributed by atoms with Gasteiger partial charge in [0.15, 0.2) is 0 Å². The molecule has 0 spiro atoms. The summed E-state index contributed by atoms with van der Waals surface area (Å²) in [5, 5.41) is 0.498. The van der Waals surface area contributed by atoms with Gasteiger partial charge in [0.05, 0.1) is 17.9 Å². The summed E-state index contributed by atoms with van der Waals surface area (Å²) in [6.45, 7) is 1.36. The molecule has 0 N–H and O–H groups in total. The second kappa shape index (κ2) is 3.03. The van der Waals surface area contributed by atoms with E-state index in [0.717, 1.165) is 30.8 Å². The van der Waals surface area contributed by atoms with Crippen LogP contribution in [0.1, 0.15) is 11.4 Å². The van der Waals surface area contributed by atoms with Crippen molar-refractivity contribution >= 4 is 18.0 Å². The minimum absolute atomic E-state index is 0.498. The first-order chi connectivity index (χ1) is 6.22. The lowest BCUT2D eigenvalue weighted by Gasteiger charge is -2.22. The van der Waals surface area contributed by atoms with Crippen LogP contribution in [-0.2, 0) is 24.8 Å². The first kappa shape index (κ1) is 8.56. The molecule has 0 unspecified atom stereocenters. The molecule has 1 aromatic rings. The molecule has 5 heteroatoms. The number of carbonyl (C=O) groups is 1. The molecule has 0 atom stereocenters. The molecule has 1 amide bonds. The Morgan fingerprint density at radius 2 is 2.38 bits per heavy atom. The predicted molar refractivity (Wildman–Crippen MR) is 48.4 cm³/mol. The van der Waals surface area contributed by atoms with Gasteiger partial charge in [-0.2, -0.15) is 0 Å². The summed E-state index contributed by atoms with van der Waals surface area (Å²) >= 11 is 5.86. The molecule has 0 saturated heterocycles. The number of halogens is 1. The van der Waals surface area contributed by atoms with Crippen LogP contribution < -0.4 is 0 Å². The molecule has 0 saturated carbocycles. The average molecular weight is 200 g/mol. The zero-order valence-corrected chi connectivity index (χ0v) is 8.08. The lowest BCUT2D eigenvalue weighted by Crippen LogP contribution is -2.30. The number of hydrogen-bond acceptors (Lipinski definition) is 2. The summed E-state index contributed by atoms with van der Waals surface area (Å²) < 4.78 is 1.83. The molecule has 70 valence electrons. The highest BCUT2D eigenvalue weighted by Crippen LogP contribution is 2.20. The fourth-order valence-electron chi connectivity index (χ4n) is 1.56. The molecule has 1 aliphatic rings. The number of aromatic nitrogens is 2. The monoisotopic (exact) mass is 199 g/mol. The maximum atomic E-state index is 10.6. The molecule has 13 heavy (non-hydrogen) atoms. The van der Waals surface area contributed by atoms with Gasteiger partial charge in [-0.25, -0.2) is 4.98 Å². The lowest BCUT2D eigenvalue weighted by atomic mass is 10.1. The third kappa shape index (κ3) is 1.31. The second-order valence-electron chi connectivity index (χ2n) is 3.16. The van der Waals surface area contributed by atoms with Gasteiger partial charge >= 0.3 is 0 Å². The highest BCUT2D eigenvalue weighted by Gasteiger charge is 2.20. The van der Waals surface area contributed by atoms with E-state index < -0.39 is 0 Å². The molecule has 0 fully saturated rings. The highest BCUT2D eigenvalue weighted by atomic mass is 35.5. The number of rotatable bonds is 1. The van der Waals surface area contributed by atoms with Crippen molar-refractivity contribution in [1.29, 1.82) is 0 Å². The van der Waals surface area contributed by atoms with Crippen LogP contribution >= 0.6 is 11.6 Å². The van der Waals surface area contributed by atoms with Crippen LogP contribution in [0.4, 0.5) is 0 Å². The van der Waals surface area contributed by atoms with Gasteiger partial charge in [0.25, 0.3) is 0 Å². The van der Waals surface area contributed by atoms with Gasteiger partial charge in [0, 0.05) is 20.0 Å². The van der Waals surface area contributed by atoms with E-state index in [9.17, 15) is 4.79 Å². The van der Waals surface area contributed by atoms with Crippen LogP contribution in [0.15, 0.2) is 0 Å². The number of fused-ring (bicyclic) bond motifs is 1. The molecule has 1 aliphatic heterocycles.